The molecule has 0 bridgehead atoms. The fourth-order valence-corrected chi connectivity index (χ4v) is 2.06. The number of benzene rings is 1. The van der Waals surface area contributed by atoms with E-state index in [2.05, 4.69) is 15.6 Å². The van der Waals surface area contributed by atoms with E-state index in [-0.39, 0.29) is 5.91 Å². The highest BCUT2D eigenvalue weighted by Gasteiger charge is 2.05. The molecule has 0 unspecified atom stereocenters. The molecule has 0 aliphatic carbocycles. The minimum atomic E-state index is -0.00238. The first kappa shape index (κ1) is 15.1. The number of pyridine rings is 1. The lowest BCUT2D eigenvalue weighted by molar-refractivity contribution is -0.121. The molecular weight excluding hydrogens is 268 g/mol. The maximum atomic E-state index is 11.6. The van der Waals surface area contributed by atoms with Crippen molar-refractivity contribution in [3.63, 3.8) is 0 Å². The molecule has 0 radical (unpaired) electrons. The largest absolute Gasteiger partial charge is 0.398 e. The monoisotopic (exact) mass is 288 g/mol. The van der Waals surface area contributed by atoms with Gasteiger partial charge in [-0.3, -0.25) is 9.78 Å². The molecule has 6 heteroatoms. The van der Waals surface area contributed by atoms with Gasteiger partial charge in [0.15, 0.2) is 0 Å². The Morgan fingerprint density at radius 1 is 1.29 bits per heavy atom. The Bertz CT molecular complexity index is 616. The van der Waals surface area contributed by atoms with Gasteiger partial charge in [-0.25, -0.2) is 0 Å². The second-order valence-corrected chi connectivity index (χ2v) is 4.64. The molecule has 2 aromatic rings. The van der Waals surface area contributed by atoms with Crippen molar-refractivity contribution in [1.82, 2.24) is 10.3 Å². The fraction of sp³-hybridized carbons (Fsp3) is 0.333. The van der Waals surface area contributed by atoms with E-state index in [0.29, 0.717) is 26.1 Å². The maximum absolute atomic E-state index is 11.6. The number of aromatic nitrogens is 1. The molecule has 0 spiro atoms. The van der Waals surface area contributed by atoms with Crippen molar-refractivity contribution in [3.05, 3.63) is 30.6 Å². The summed E-state index contributed by atoms with van der Waals surface area (Å²) in [7, 11) is 1.61. The molecule has 0 saturated heterocycles. The lowest BCUT2D eigenvalue weighted by atomic mass is 10.1. The summed E-state index contributed by atoms with van der Waals surface area (Å²) in [5.41, 5.74) is 7.58. The van der Waals surface area contributed by atoms with Crippen molar-refractivity contribution in [2.45, 2.75) is 6.42 Å². The van der Waals surface area contributed by atoms with Crippen molar-refractivity contribution in [3.8, 4) is 0 Å². The van der Waals surface area contributed by atoms with Gasteiger partial charge in [0.1, 0.15) is 0 Å². The lowest BCUT2D eigenvalue weighted by Gasteiger charge is -2.11. The van der Waals surface area contributed by atoms with Crippen molar-refractivity contribution >= 4 is 28.1 Å². The SMILES string of the molecule is COCCNC(=O)CCNc1ccc(N)c2ccncc12. The first-order valence-electron chi connectivity index (χ1n) is 6.84. The second kappa shape index (κ2) is 7.44. The number of nitrogens with two attached hydrogens (primary N) is 1. The zero-order chi connectivity index (χ0) is 15.1. The van der Waals surface area contributed by atoms with Crippen molar-refractivity contribution in [2.24, 2.45) is 0 Å². The lowest BCUT2D eigenvalue weighted by Crippen LogP contribution is -2.28. The smallest absolute Gasteiger partial charge is 0.221 e. The van der Waals surface area contributed by atoms with E-state index in [9.17, 15) is 4.79 Å². The van der Waals surface area contributed by atoms with Crippen LogP contribution in [0.3, 0.4) is 0 Å². The van der Waals surface area contributed by atoms with Crippen LogP contribution in [0.1, 0.15) is 6.42 Å². The number of nitrogens with zero attached hydrogens (tertiary/aromatic N) is 1. The summed E-state index contributed by atoms with van der Waals surface area (Å²) >= 11 is 0. The van der Waals surface area contributed by atoms with Gasteiger partial charge >= 0.3 is 0 Å². The number of fused-ring (bicyclic) bond motifs is 1. The molecule has 1 amide bonds. The summed E-state index contributed by atoms with van der Waals surface area (Å²) in [5.74, 6) is -0.00238. The van der Waals surface area contributed by atoms with Gasteiger partial charge in [-0.05, 0) is 18.2 Å². The zero-order valence-electron chi connectivity index (χ0n) is 12.1. The predicted molar refractivity (Wildman–Crippen MR) is 84.1 cm³/mol. The van der Waals surface area contributed by atoms with Gasteiger partial charge < -0.3 is 21.1 Å². The number of carbonyl (C=O) groups is 1. The number of nitrogen functional groups attached to an aromatic ring is 1. The van der Waals surface area contributed by atoms with Crippen LogP contribution in [0.5, 0.6) is 0 Å². The maximum Gasteiger partial charge on any atom is 0.221 e. The van der Waals surface area contributed by atoms with E-state index in [1.165, 1.54) is 0 Å². The number of nitrogens with one attached hydrogen (secondary N) is 2. The molecule has 1 aromatic carbocycles. The topological polar surface area (TPSA) is 89.3 Å². The Morgan fingerprint density at radius 2 is 2.14 bits per heavy atom. The van der Waals surface area contributed by atoms with Crippen LogP contribution < -0.4 is 16.4 Å². The molecule has 0 fully saturated rings. The number of amides is 1. The third-order valence-electron chi connectivity index (χ3n) is 3.15. The van der Waals surface area contributed by atoms with Gasteiger partial charge in [0.2, 0.25) is 5.91 Å². The Morgan fingerprint density at radius 3 is 2.95 bits per heavy atom. The van der Waals surface area contributed by atoms with E-state index in [4.69, 9.17) is 10.5 Å². The number of carbonyl (C=O) groups excluding carboxylic acids is 1. The summed E-state index contributed by atoms with van der Waals surface area (Å²) in [6, 6.07) is 5.64. The van der Waals surface area contributed by atoms with Crippen molar-refractivity contribution < 1.29 is 9.53 Å². The van der Waals surface area contributed by atoms with E-state index >= 15 is 0 Å². The van der Waals surface area contributed by atoms with Crippen molar-refractivity contribution in [1.29, 1.82) is 0 Å². The fourth-order valence-electron chi connectivity index (χ4n) is 2.06. The minimum Gasteiger partial charge on any atom is -0.398 e. The standard InChI is InChI=1S/C15H20N4O2/c1-21-9-8-19-15(20)5-7-18-14-3-2-13(16)11-4-6-17-10-12(11)14/h2-4,6,10,18H,5,7-9,16H2,1H3,(H,19,20). The molecule has 21 heavy (non-hydrogen) atoms. The highest BCUT2D eigenvalue weighted by atomic mass is 16.5. The van der Waals surface area contributed by atoms with Crippen molar-refractivity contribution in [2.75, 3.05) is 37.9 Å². The molecule has 112 valence electrons. The average Bonchev–Trinajstić information content (AvgIpc) is 2.50. The van der Waals surface area contributed by atoms with Gasteiger partial charge in [0, 0.05) is 61.2 Å². The number of methoxy groups -OCH3 is 1. The summed E-state index contributed by atoms with van der Waals surface area (Å²) in [5, 5.41) is 7.94. The number of rotatable bonds is 7. The Hall–Kier alpha value is -2.34. The van der Waals surface area contributed by atoms with Crippen LogP contribution in [0.25, 0.3) is 10.8 Å². The predicted octanol–water partition coefficient (Wildman–Crippen LogP) is 1.38. The Labute approximate surface area is 123 Å². The number of ether oxygens (including phenoxy) is 1. The summed E-state index contributed by atoms with van der Waals surface area (Å²) in [4.78, 5) is 15.7. The Kier molecular flexibility index (Phi) is 5.34. The van der Waals surface area contributed by atoms with Gasteiger partial charge in [-0.2, -0.15) is 0 Å². The van der Waals surface area contributed by atoms with Crippen LogP contribution in [0.4, 0.5) is 11.4 Å². The average molecular weight is 288 g/mol. The van der Waals surface area contributed by atoms with E-state index in [1.54, 1.807) is 19.5 Å². The molecule has 4 N–H and O–H groups in total. The first-order chi connectivity index (χ1) is 10.2. The highest BCUT2D eigenvalue weighted by molar-refractivity contribution is 6.00. The molecule has 0 aliphatic heterocycles. The number of hydrogen-bond acceptors (Lipinski definition) is 5. The van der Waals surface area contributed by atoms with Crippen LogP contribution >= 0.6 is 0 Å². The van der Waals surface area contributed by atoms with Crippen LogP contribution in [-0.2, 0) is 9.53 Å². The highest BCUT2D eigenvalue weighted by Crippen LogP contribution is 2.27. The second-order valence-electron chi connectivity index (χ2n) is 4.64. The molecular formula is C15H20N4O2. The minimum absolute atomic E-state index is 0.00238. The van der Waals surface area contributed by atoms with Gasteiger partial charge in [-0.1, -0.05) is 0 Å². The molecule has 2 rings (SSSR count). The quantitative estimate of drug-likeness (QED) is 0.529. The summed E-state index contributed by atoms with van der Waals surface area (Å²) < 4.78 is 4.88. The van der Waals surface area contributed by atoms with Gasteiger partial charge in [0.05, 0.1) is 6.61 Å². The third-order valence-corrected chi connectivity index (χ3v) is 3.15. The van der Waals surface area contributed by atoms with E-state index < -0.39 is 0 Å². The normalized spacial score (nSPS) is 10.5. The Balaban J connectivity index is 1.92. The van der Waals surface area contributed by atoms with Crippen LogP contribution in [0.2, 0.25) is 0 Å². The molecule has 0 atom stereocenters. The van der Waals surface area contributed by atoms with Crippen LogP contribution in [0, 0.1) is 0 Å². The molecule has 6 nitrogen and oxygen atoms in total. The third kappa shape index (κ3) is 4.06. The zero-order valence-corrected chi connectivity index (χ0v) is 12.1. The van der Waals surface area contributed by atoms with Crippen LogP contribution in [0.15, 0.2) is 30.6 Å². The van der Waals surface area contributed by atoms with E-state index in [1.807, 2.05) is 18.2 Å². The molecule has 1 heterocycles. The number of anilines is 2. The molecule has 0 aliphatic rings. The number of hydrogen-bond donors (Lipinski definition) is 3. The van der Waals surface area contributed by atoms with E-state index in [0.717, 1.165) is 22.1 Å². The summed E-state index contributed by atoms with van der Waals surface area (Å²) in [6.45, 7) is 1.60. The first-order valence-corrected chi connectivity index (χ1v) is 6.84. The van der Waals surface area contributed by atoms with Gasteiger partial charge in [-0.15, -0.1) is 0 Å². The van der Waals surface area contributed by atoms with Gasteiger partial charge in [0.25, 0.3) is 0 Å². The van der Waals surface area contributed by atoms with Crippen LogP contribution in [-0.4, -0.2) is 37.7 Å². The molecule has 0 saturated carbocycles. The molecule has 1 aromatic heterocycles. The summed E-state index contributed by atoms with van der Waals surface area (Å²) in [6.07, 6.45) is 3.88.